The van der Waals surface area contributed by atoms with Crippen LogP contribution < -0.4 is 14.2 Å². The van der Waals surface area contributed by atoms with Gasteiger partial charge in [0.1, 0.15) is 17.6 Å². The van der Waals surface area contributed by atoms with E-state index in [0.717, 1.165) is 11.1 Å². The van der Waals surface area contributed by atoms with Crippen molar-refractivity contribution < 1.29 is 23.4 Å². The molecule has 0 spiro atoms. The molecule has 2 heterocycles. The predicted molar refractivity (Wildman–Crippen MR) is 108 cm³/mol. The Balaban J connectivity index is 1.41. The number of ether oxygens (including phenoxy) is 3. The van der Waals surface area contributed by atoms with Crippen LogP contribution in [0, 0.1) is 5.82 Å². The molecular weight excluding hydrogens is 409 g/mol. The van der Waals surface area contributed by atoms with Crippen LogP contribution in [0.3, 0.4) is 0 Å². The highest BCUT2D eigenvalue weighted by Crippen LogP contribution is 2.40. The number of halogens is 2. The Kier molecular flexibility index (Phi) is 4.71. The molecule has 5 nitrogen and oxygen atoms in total. The number of carbonyl (C=O) groups excluding carboxylic acids is 1. The molecule has 0 aliphatic carbocycles. The fourth-order valence-electron chi connectivity index (χ4n) is 3.72. The lowest BCUT2D eigenvalue weighted by molar-refractivity contribution is -0.165. The molecule has 2 aliphatic rings. The van der Waals surface area contributed by atoms with Gasteiger partial charge in [0.25, 0.3) is 5.91 Å². The molecular formula is C23H17ClFNO4. The summed E-state index contributed by atoms with van der Waals surface area (Å²) in [7, 11) is 0. The summed E-state index contributed by atoms with van der Waals surface area (Å²) >= 11 is 5.93. The van der Waals surface area contributed by atoms with E-state index >= 15 is 0 Å². The number of hydrogen-bond donors (Lipinski definition) is 0. The number of hydrogen-bond acceptors (Lipinski definition) is 4. The number of rotatable bonds is 5. The van der Waals surface area contributed by atoms with E-state index in [1.165, 1.54) is 12.1 Å². The van der Waals surface area contributed by atoms with E-state index in [1.807, 2.05) is 18.2 Å². The Hall–Kier alpha value is -3.25. The summed E-state index contributed by atoms with van der Waals surface area (Å²) < 4.78 is 30.2. The molecule has 3 aromatic carbocycles. The molecule has 1 fully saturated rings. The highest BCUT2D eigenvalue weighted by atomic mass is 35.5. The third-order valence-electron chi connectivity index (χ3n) is 5.23. The van der Waals surface area contributed by atoms with Gasteiger partial charge in [0.05, 0.1) is 0 Å². The van der Waals surface area contributed by atoms with Crippen molar-refractivity contribution in [2.45, 2.75) is 18.7 Å². The number of nitrogens with zero attached hydrogens (tertiary/aromatic N) is 1. The summed E-state index contributed by atoms with van der Waals surface area (Å²) in [5, 5.41) is 0.585. The minimum atomic E-state index is -0.703. The second-order valence-corrected chi connectivity index (χ2v) is 7.58. The highest BCUT2D eigenvalue weighted by molar-refractivity contribution is 6.30. The smallest absolute Gasteiger partial charge is 0.267 e. The Labute approximate surface area is 177 Å². The van der Waals surface area contributed by atoms with Crippen molar-refractivity contribution in [2.75, 3.05) is 6.79 Å². The lowest BCUT2D eigenvalue weighted by Crippen LogP contribution is -2.60. The maximum atomic E-state index is 13.5. The van der Waals surface area contributed by atoms with Gasteiger partial charge in [-0.2, -0.15) is 0 Å². The van der Waals surface area contributed by atoms with Gasteiger partial charge in [-0.15, -0.1) is 0 Å². The first-order valence-electron chi connectivity index (χ1n) is 9.45. The molecule has 2 unspecified atom stereocenters. The van der Waals surface area contributed by atoms with Crippen LogP contribution in [0.15, 0.2) is 66.7 Å². The van der Waals surface area contributed by atoms with Crippen LogP contribution in [0.2, 0.25) is 5.02 Å². The monoisotopic (exact) mass is 425 g/mol. The van der Waals surface area contributed by atoms with Crippen LogP contribution in [-0.2, 0) is 11.3 Å². The van der Waals surface area contributed by atoms with E-state index < -0.39 is 6.10 Å². The van der Waals surface area contributed by atoms with E-state index in [9.17, 15) is 9.18 Å². The largest absolute Gasteiger partial charge is 0.478 e. The number of benzene rings is 3. The summed E-state index contributed by atoms with van der Waals surface area (Å²) in [6.45, 7) is 0.564. The molecule has 30 heavy (non-hydrogen) atoms. The molecule has 3 aromatic rings. The van der Waals surface area contributed by atoms with Crippen LogP contribution in [0.1, 0.15) is 17.2 Å². The molecule has 2 atom stereocenters. The summed E-state index contributed by atoms with van der Waals surface area (Å²) in [6.07, 6.45) is -0.703. The number of likely N-dealkylation sites (tertiary alicyclic amines) is 1. The van der Waals surface area contributed by atoms with E-state index in [0.29, 0.717) is 28.8 Å². The fourth-order valence-corrected chi connectivity index (χ4v) is 3.84. The van der Waals surface area contributed by atoms with Crippen LogP contribution in [-0.4, -0.2) is 23.7 Å². The van der Waals surface area contributed by atoms with E-state index in [-0.39, 0.29) is 24.6 Å². The first-order chi connectivity index (χ1) is 14.6. The molecule has 1 amide bonds. The maximum absolute atomic E-state index is 13.5. The van der Waals surface area contributed by atoms with Crippen molar-refractivity contribution in [1.82, 2.24) is 4.90 Å². The number of carbonyl (C=O) groups is 1. The summed E-state index contributed by atoms with van der Waals surface area (Å²) in [5.74, 6) is 1.42. The second kappa shape index (κ2) is 7.54. The molecule has 0 bridgehead atoms. The third kappa shape index (κ3) is 3.44. The summed E-state index contributed by atoms with van der Waals surface area (Å²) in [5.41, 5.74) is 1.71. The van der Waals surface area contributed by atoms with Gasteiger partial charge >= 0.3 is 0 Å². The quantitative estimate of drug-likeness (QED) is 0.554. The van der Waals surface area contributed by atoms with Crippen LogP contribution in [0.25, 0.3) is 0 Å². The van der Waals surface area contributed by atoms with Gasteiger partial charge in [-0.1, -0.05) is 29.8 Å². The zero-order valence-electron chi connectivity index (χ0n) is 15.8. The Morgan fingerprint density at radius 2 is 1.73 bits per heavy atom. The number of β-lactam (4-membered cyclic amide) rings is 1. The Morgan fingerprint density at radius 1 is 1.00 bits per heavy atom. The van der Waals surface area contributed by atoms with Crippen LogP contribution in [0.4, 0.5) is 4.39 Å². The maximum Gasteiger partial charge on any atom is 0.267 e. The van der Waals surface area contributed by atoms with Gasteiger partial charge in [-0.3, -0.25) is 4.79 Å². The minimum absolute atomic E-state index is 0.142. The van der Waals surface area contributed by atoms with Crippen LogP contribution in [0.5, 0.6) is 17.2 Å². The molecule has 0 radical (unpaired) electrons. The minimum Gasteiger partial charge on any atom is -0.478 e. The molecule has 1 saturated heterocycles. The molecule has 0 N–H and O–H groups in total. The van der Waals surface area contributed by atoms with Crippen molar-refractivity contribution >= 4 is 17.5 Å². The zero-order valence-corrected chi connectivity index (χ0v) is 16.5. The van der Waals surface area contributed by atoms with Crippen LogP contribution >= 0.6 is 11.6 Å². The third-order valence-corrected chi connectivity index (χ3v) is 5.48. The molecule has 0 saturated carbocycles. The van der Waals surface area contributed by atoms with Crippen molar-refractivity contribution in [3.8, 4) is 17.2 Å². The molecule has 0 aromatic heterocycles. The second-order valence-electron chi connectivity index (χ2n) is 7.14. The first kappa shape index (κ1) is 18.8. The van der Waals surface area contributed by atoms with Gasteiger partial charge in [0, 0.05) is 11.6 Å². The number of amides is 1. The average Bonchev–Trinajstić information content (AvgIpc) is 3.23. The zero-order chi connectivity index (χ0) is 20.7. The normalized spacial score (nSPS) is 19.5. The Morgan fingerprint density at radius 3 is 2.50 bits per heavy atom. The van der Waals surface area contributed by atoms with Gasteiger partial charge in [0.2, 0.25) is 12.9 Å². The van der Waals surface area contributed by atoms with Gasteiger partial charge in [-0.25, -0.2) is 4.39 Å². The Bertz CT molecular complexity index is 1090. The van der Waals surface area contributed by atoms with E-state index in [1.54, 1.807) is 41.3 Å². The average molecular weight is 426 g/mol. The first-order valence-corrected chi connectivity index (χ1v) is 9.83. The van der Waals surface area contributed by atoms with E-state index in [2.05, 4.69) is 0 Å². The summed E-state index contributed by atoms with van der Waals surface area (Å²) in [6, 6.07) is 18.2. The lowest BCUT2D eigenvalue weighted by atomic mass is 9.89. The van der Waals surface area contributed by atoms with Crippen molar-refractivity contribution in [3.63, 3.8) is 0 Å². The molecule has 2 aliphatic heterocycles. The standard InChI is InChI=1S/C23H17ClFNO4/c24-16-4-8-18(9-5-16)30-22-21(15-2-6-17(25)7-3-15)26(23(22)27)12-14-1-10-19-20(11-14)29-13-28-19/h1-11,21-22H,12-13H2. The molecule has 5 rings (SSSR count). The van der Waals surface area contributed by atoms with Crippen molar-refractivity contribution in [2.24, 2.45) is 0 Å². The molecule has 7 heteroatoms. The fraction of sp³-hybridized carbons (Fsp3) is 0.174. The highest BCUT2D eigenvalue weighted by Gasteiger charge is 2.50. The van der Waals surface area contributed by atoms with Gasteiger partial charge in [-0.05, 0) is 59.7 Å². The number of fused-ring (bicyclic) bond motifs is 1. The molecule has 152 valence electrons. The predicted octanol–water partition coefficient (Wildman–Crippen LogP) is 4.74. The topological polar surface area (TPSA) is 48.0 Å². The van der Waals surface area contributed by atoms with Crippen molar-refractivity contribution in [3.05, 3.63) is 88.7 Å². The summed E-state index contributed by atoms with van der Waals surface area (Å²) in [4.78, 5) is 14.7. The van der Waals surface area contributed by atoms with Crippen molar-refractivity contribution in [1.29, 1.82) is 0 Å². The SMILES string of the molecule is O=C1C(Oc2ccc(Cl)cc2)C(c2ccc(F)cc2)N1Cc1ccc2c(c1)OCO2. The van der Waals surface area contributed by atoms with Gasteiger partial charge in [0.15, 0.2) is 11.5 Å². The van der Waals surface area contributed by atoms with Gasteiger partial charge < -0.3 is 19.1 Å². The van der Waals surface area contributed by atoms with E-state index in [4.69, 9.17) is 25.8 Å². The lowest BCUT2D eigenvalue weighted by Gasteiger charge is -2.46.